The van der Waals surface area contributed by atoms with Crippen LogP contribution in [0.15, 0.2) is 35.2 Å². The lowest BCUT2D eigenvalue weighted by molar-refractivity contribution is -0.721. The first-order valence-electron chi connectivity index (χ1n) is 8.18. The third-order valence-electron chi connectivity index (χ3n) is 4.09. The summed E-state index contributed by atoms with van der Waals surface area (Å²) >= 11 is 0. The molecule has 0 spiro atoms. The third kappa shape index (κ3) is 4.23. The van der Waals surface area contributed by atoms with Gasteiger partial charge in [-0.1, -0.05) is 36.0 Å². The van der Waals surface area contributed by atoms with Crippen molar-refractivity contribution in [3.8, 4) is 5.75 Å². The molecule has 3 aromatic rings. The largest absolute Gasteiger partial charge is 0.497 e. The number of ketones is 1. The van der Waals surface area contributed by atoms with Gasteiger partial charge in [-0.25, -0.2) is 0 Å². The minimum Gasteiger partial charge on any atom is -0.497 e. The van der Waals surface area contributed by atoms with Crippen molar-refractivity contribution in [2.75, 3.05) is 7.11 Å². The molecule has 0 bridgehead atoms. The number of rotatable bonds is 6. The molecule has 158 valence electrons. The number of aromatic nitrogens is 4. The van der Waals surface area contributed by atoms with E-state index in [0.717, 1.165) is 22.4 Å². The van der Waals surface area contributed by atoms with Crippen molar-refractivity contribution in [1.82, 2.24) is 14.7 Å². The Hall–Kier alpha value is -2.96. The fraction of sp³-hybridized carbons (Fsp3) is 0.250. The monoisotopic (exact) mass is 437 g/mol. The molecule has 0 aliphatic rings. The zero-order chi connectivity index (χ0) is 21.7. The highest BCUT2D eigenvalue weighted by Crippen LogP contribution is 3.02. The van der Waals surface area contributed by atoms with Crippen LogP contribution < -0.4 is 20.1 Å². The molecule has 1 aromatic carbocycles. The summed E-state index contributed by atoms with van der Waals surface area (Å²) in [6.45, 7) is 1.27. The van der Waals surface area contributed by atoms with E-state index in [0.29, 0.717) is 12.1 Å². The van der Waals surface area contributed by atoms with E-state index in [9.17, 15) is 24.2 Å². The maximum absolute atomic E-state index is 13.2. The van der Waals surface area contributed by atoms with Crippen LogP contribution in [0.2, 0.25) is 0 Å². The van der Waals surface area contributed by atoms with Crippen LogP contribution in [0, 0.1) is 5.41 Å². The Labute approximate surface area is 160 Å². The smallest absolute Gasteiger partial charge is 0.317 e. The van der Waals surface area contributed by atoms with Crippen molar-refractivity contribution in [2.24, 2.45) is 0 Å². The van der Waals surface area contributed by atoms with Crippen LogP contribution in [0.5, 0.6) is 5.75 Å². The van der Waals surface area contributed by atoms with Crippen LogP contribution in [0.4, 0.5) is 19.4 Å². The highest BCUT2D eigenvalue weighted by molar-refractivity contribution is 8.45. The first-order valence-corrected chi connectivity index (χ1v) is 10.1. The Kier molecular flexibility index (Phi) is 4.31. The normalized spacial score (nSPS) is 14.4. The van der Waals surface area contributed by atoms with Crippen molar-refractivity contribution in [1.29, 1.82) is 5.41 Å². The van der Waals surface area contributed by atoms with E-state index in [1.807, 2.05) is 6.92 Å². The zero-order valence-corrected chi connectivity index (χ0v) is 16.0. The Balaban J connectivity index is 2.04. The van der Waals surface area contributed by atoms with E-state index in [2.05, 4.69) is 14.9 Å². The molecule has 0 radical (unpaired) electrons. The van der Waals surface area contributed by atoms with Gasteiger partial charge in [0.05, 0.1) is 12.8 Å². The predicted octanol–water partition coefficient (Wildman–Crippen LogP) is 3.17. The van der Waals surface area contributed by atoms with Crippen molar-refractivity contribution in [2.45, 2.75) is 24.8 Å². The molecular weight excluding hydrogens is 421 g/mol. The number of nitrogens with zero attached hydrogens (tertiary/aromatic N) is 4. The number of Topliss-reactive ketones (excluding diaryl/α,β-unsaturated/α-hetero) is 1. The minimum atomic E-state index is -10.0. The summed E-state index contributed by atoms with van der Waals surface area (Å²) in [5, 5.41) is 15.8. The van der Waals surface area contributed by atoms with Crippen molar-refractivity contribution < 1.29 is 33.6 Å². The SMILES string of the molecule is CCc1ccc2n(n1)c(=N)[n-][n+]2CC(=O)c1cc(OC)cc(S(F)(F)(F)(F)F)c1. The fourth-order valence-corrected chi connectivity index (χ4v) is 3.31. The van der Waals surface area contributed by atoms with Crippen LogP contribution in [0.25, 0.3) is 5.65 Å². The Morgan fingerprint density at radius 3 is 2.52 bits per heavy atom. The molecule has 0 saturated heterocycles. The van der Waals surface area contributed by atoms with Crippen molar-refractivity contribution >= 4 is 21.7 Å². The summed E-state index contributed by atoms with van der Waals surface area (Å²) in [6.07, 6.45) is 0.591. The van der Waals surface area contributed by atoms with Gasteiger partial charge in [0.25, 0.3) is 0 Å². The third-order valence-corrected chi connectivity index (χ3v) is 5.22. The molecule has 0 unspecified atom stereocenters. The van der Waals surface area contributed by atoms with Gasteiger partial charge >= 0.3 is 15.9 Å². The zero-order valence-electron chi connectivity index (χ0n) is 15.2. The number of aryl methyl sites for hydroxylation is 1. The highest BCUT2D eigenvalue weighted by Gasteiger charge is 2.65. The summed E-state index contributed by atoms with van der Waals surface area (Å²) in [4.78, 5) is 10.3. The second-order valence-corrected chi connectivity index (χ2v) is 8.63. The molecule has 0 saturated carbocycles. The summed E-state index contributed by atoms with van der Waals surface area (Å²) in [6, 6.07) is 4.38. The van der Waals surface area contributed by atoms with E-state index in [1.165, 1.54) is 0 Å². The Morgan fingerprint density at radius 1 is 1.24 bits per heavy atom. The molecule has 13 heteroatoms. The minimum absolute atomic E-state index is 0.0975. The lowest BCUT2D eigenvalue weighted by Crippen LogP contribution is -2.43. The molecule has 0 atom stereocenters. The lowest BCUT2D eigenvalue weighted by atomic mass is 10.1. The molecule has 3 rings (SSSR count). The van der Waals surface area contributed by atoms with Crippen LogP contribution in [0.1, 0.15) is 23.0 Å². The van der Waals surface area contributed by atoms with Crippen molar-refractivity contribution in [3.63, 3.8) is 0 Å². The van der Waals surface area contributed by atoms with Gasteiger partial charge in [0.2, 0.25) is 11.4 Å². The second-order valence-electron chi connectivity index (χ2n) is 6.22. The maximum atomic E-state index is 13.2. The molecule has 7 nitrogen and oxygen atoms in total. The first kappa shape index (κ1) is 20.8. The fourth-order valence-electron chi connectivity index (χ4n) is 2.62. The van der Waals surface area contributed by atoms with Crippen molar-refractivity contribution in [3.05, 3.63) is 47.2 Å². The van der Waals surface area contributed by atoms with E-state index >= 15 is 0 Å². The number of ether oxygens (including phenoxy) is 1. The number of hydrogen-bond donors (Lipinski definition) is 1. The lowest BCUT2D eigenvalue weighted by Gasteiger charge is -2.40. The van der Waals surface area contributed by atoms with Gasteiger partial charge < -0.3 is 10.1 Å². The number of halogens is 5. The van der Waals surface area contributed by atoms with Gasteiger partial charge in [-0.3, -0.25) is 4.79 Å². The Morgan fingerprint density at radius 2 is 1.93 bits per heavy atom. The molecule has 0 fully saturated rings. The van der Waals surface area contributed by atoms with E-state index in [-0.39, 0.29) is 23.4 Å². The summed E-state index contributed by atoms with van der Waals surface area (Å²) in [5.74, 6) is -1.45. The summed E-state index contributed by atoms with van der Waals surface area (Å²) in [5.41, 5.74) is -0.000985. The number of methoxy groups -OCH3 is 1. The van der Waals surface area contributed by atoms with Gasteiger partial charge in [-0.2, -0.15) is 9.78 Å². The van der Waals surface area contributed by atoms with Crippen LogP contribution >= 0.6 is 10.2 Å². The summed E-state index contributed by atoms with van der Waals surface area (Å²) in [7, 11) is -9.02. The van der Waals surface area contributed by atoms with Crippen LogP contribution in [-0.2, 0) is 13.0 Å². The first-order chi connectivity index (χ1) is 13.2. The molecule has 2 heterocycles. The molecular formula is C16H16F5N5O2S. The Bertz CT molecular complexity index is 1190. The molecule has 0 amide bonds. The molecule has 1 N–H and O–H groups in total. The quantitative estimate of drug-likeness (QED) is 0.365. The number of nitrogens with one attached hydrogen (secondary N) is 1. The maximum Gasteiger partial charge on any atom is 0.317 e. The highest BCUT2D eigenvalue weighted by atomic mass is 32.5. The second kappa shape index (κ2) is 6.02. The van der Waals surface area contributed by atoms with Gasteiger partial charge in [0.1, 0.15) is 10.6 Å². The average Bonchev–Trinajstić information content (AvgIpc) is 2.94. The van der Waals surface area contributed by atoms with Gasteiger partial charge in [-0.15, -0.1) is 0 Å². The molecule has 29 heavy (non-hydrogen) atoms. The number of hydrogen-bond acceptors (Lipinski definition) is 4. The van der Waals surface area contributed by atoms with Gasteiger partial charge in [-0.05, 0) is 24.6 Å². The number of carbonyl (C=O) groups is 1. The molecule has 0 aliphatic heterocycles. The summed E-state index contributed by atoms with van der Waals surface area (Å²) < 4.78 is 72.9. The van der Waals surface area contributed by atoms with Gasteiger partial charge in [0.15, 0.2) is 6.54 Å². The topological polar surface area (TPSA) is 85.4 Å². The number of carbonyl (C=O) groups excluding carboxylic acids is 1. The average molecular weight is 437 g/mol. The molecule has 2 aromatic heterocycles. The van der Waals surface area contributed by atoms with E-state index in [1.54, 1.807) is 12.1 Å². The number of benzene rings is 1. The van der Waals surface area contributed by atoms with Crippen LogP contribution in [-0.4, -0.2) is 22.5 Å². The van der Waals surface area contributed by atoms with E-state index in [4.69, 9.17) is 5.41 Å². The van der Waals surface area contributed by atoms with Gasteiger partial charge in [0, 0.05) is 17.7 Å². The van der Waals surface area contributed by atoms with E-state index < -0.39 is 38.8 Å². The molecule has 0 aliphatic carbocycles. The predicted molar refractivity (Wildman–Crippen MR) is 92.7 cm³/mol. The van der Waals surface area contributed by atoms with Crippen LogP contribution in [0.3, 0.4) is 0 Å². The standard InChI is InChI=1S/C16H16F5N5O2S/c1-3-11-4-5-15-25(24-16(22)26(15)23-11)9-14(27)10-6-12(28-2)8-13(7-10)29(17,18,19,20)21/h4-8,22H,3,9H2,1-2H3. The number of fused-ring (bicyclic) bond motifs is 1.